The van der Waals surface area contributed by atoms with Gasteiger partial charge in [-0.05, 0) is 41.8 Å². The summed E-state index contributed by atoms with van der Waals surface area (Å²) in [7, 11) is 0. The van der Waals surface area contributed by atoms with Crippen molar-refractivity contribution >= 4 is 23.2 Å². The van der Waals surface area contributed by atoms with E-state index in [-0.39, 0.29) is 6.79 Å². The first-order chi connectivity index (χ1) is 13.3. The van der Waals surface area contributed by atoms with Crippen LogP contribution in [0.2, 0.25) is 5.02 Å². The fourth-order valence-electron chi connectivity index (χ4n) is 2.78. The molecule has 2 heterocycles. The maximum Gasteiger partial charge on any atom is 0.231 e. The van der Waals surface area contributed by atoms with Gasteiger partial charge in [0.25, 0.3) is 0 Å². The molecule has 0 aliphatic carbocycles. The molecule has 0 saturated heterocycles. The van der Waals surface area contributed by atoms with Crippen molar-refractivity contribution in [3.8, 4) is 11.5 Å². The first-order valence-corrected chi connectivity index (χ1v) is 9.07. The van der Waals surface area contributed by atoms with E-state index in [1.165, 1.54) is 5.56 Å². The minimum Gasteiger partial charge on any atom is -0.454 e. The summed E-state index contributed by atoms with van der Waals surface area (Å²) in [5.41, 5.74) is 2.32. The number of anilines is 2. The first-order valence-electron chi connectivity index (χ1n) is 8.69. The molecular formula is C20H19ClN4O2. The number of hydrogen-bond acceptors (Lipinski definition) is 6. The molecule has 2 N–H and O–H groups in total. The molecular weight excluding hydrogens is 364 g/mol. The summed E-state index contributed by atoms with van der Waals surface area (Å²) in [6.45, 7) is 1.70. The molecule has 0 radical (unpaired) electrons. The van der Waals surface area contributed by atoms with Gasteiger partial charge in [0, 0.05) is 24.2 Å². The van der Waals surface area contributed by atoms with Crippen molar-refractivity contribution in [1.82, 2.24) is 9.97 Å². The third kappa shape index (κ3) is 4.60. The molecule has 0 amide bonds. The van der Waals surface area contributed by atoms with E-state index in [1.54, 1.807) is 6.33 Å². The van der Waals surface area contributed by atoms with Crippen LogP contribution in [0.5, 0.6) is 11.5 Å². The second-order valence-electron chi connectivity index (χ2n) is 6.13. The number of halogens is 1. The third-order valence-corrected chi connectivity index (χ3v) is 4.46. The highest BCUT2D eigenvalue weighted by molar-refractivity contribution is 6.30. The van der Waals surface area contributed by atoms with E-state index < -0.39 is 0 Å². The largest absolute Gasteiger partial charge is 0.454 e. The molecule has 1 aliphatic rings. The van der Waals surface area contributed by atoms with Gasteiger partial charge in [-0.1, -0.05) is 29.8 Å². The number of aromatic nitrogens is 2. The second-order valence-corrected chi connectivity index (χ2v) is 6.57. The Kier molecular flexibility index (Phi) is 5.25. The van der Waals surface area contributed by atoms with E-state index in [9.17, 15) is 0 Å². The van der Waals surface area contributed by atoms with Gasteiger partial charge in [0.2, 0.25) is 6.79 Å². The minimum absolute atomic E-state index is 0.281. The fraction of sp³-hybridized carbons (Fsp3) is 0.200. The number of benzene rings is 2. The predicted octanol–water partition coefficient (Wildman–Crippen LogP) is 4.13. The molecule has 27 heavy (non-hydrogen) atoms. The number of fused-ring (bicyclic) bond motifs is 1. The van der Waals surface area contributed by atoms with Crippen molar-refractivity contribution < 1.29 is 9.47 Å². The van der Waals surface area contributed by atoms with Crippen LogP contribution in [0.25, 0.3) is 0 Å². The van der Waals surface area contributed by atoms with Crippen LogP contribution >= 0.6 is 11.6 Å². The van der Waals surface area contributed by atoms with Crippen molar-refractivity contribution in [2.24, 2.45) is 0 Å². The van der Waals surface area contributed by atoms with E-state index >= 15 is 0 Å². The molecule has 138 valence electrons. The van der Waals surface area contributed by atoms with Gasteiger partial charge in [-0.2, -0.15) is 0 Å². The molecule has 1 aliphatic heterocycles. The standard InChI is InChI=1S/C20H19ClN4O2/c21-16-4-1-14(2-5-16)7-8-22-19-10-20(25-12-24-19)23-11-15-3-6-17-18(9-15)27-13-26-17/h1-6,9-10,12H,7-8,11,13H2,(H2,22,23,24,25). The molecule has 6 nitrogen and oxygen atoms in total. The van der Waals surface area contributed by atoms with Crippen LogP contribution in [0, 0.1) is 0 Å². The van der Waals surface area contributed by atoms with Crippen LogP contribution in [0.4, 0.5) is 11.6 Å². The average molecular weight is 383 g/mol. The Morgan fingerprint density at radius 2 is 1.59 bits per heavy atom. The highest BCUT2D eigenvalue weighted by Crippen LogP contribution is 2.32. The van der Waals surface area contributed by atoms with Gasteiger partial charge in [-0.3, -0.25) is 0 Å². The van der Waals surface area contributed by atoms with Gasteiger partial charge < -0.3 is 20.1 Å². The maximum atomic E-state index is 5.91. The van der Waals surface area contributed by atoms with Crippen LogP contribution in [0.1, 0.15) is 11.1 Å². The van der Waals surface area contributed by atoms with Crippen molar-refractivity contribution in [2.45, 2.75) is 13.0 Å². The zero-order valence-corrected chi connectivity index (χ0v) is 15.4. The summed E-state index contributed by atoms with van der Waals surface area (Å²) in [6.07, 6.45) is 2.44. The molecule has 4 rings (SSSR count). The number of nitrogens with zero attached hydrogens (tertiary/aromatic N) is 2. The highest BCUT2D eigenvalue weighted by atomic mass is 35.5. The van der Waals surface area contributed by atoms with E-state index in [4.69, 9.17) is 21.1 Å². The molecule has 0 atom stereocenters. The van der Waals surface area contributed by atoms with E-state index in [1.807, 2.05) is 48.5 Å². The Morgan fingerprint density at radius 3 is 2.44 bits per heavy atom. The van der Waals surface area contributed by atoms with Crippen molar-refractivity contribution in [3.05, 3.63) is 71.0 Å². The Bertz CT molecular complexity index is 918. The fourth-order valence-corrected chi connectivity index (χ4v) is 2.91. The van der Waals surface area contributed by atoms with Gasteiger partial charge in [-0.25, -0.2) is 9.97 Å². The van der Waals surface area contributed by atoms with Crippen molar-refractivity contribution in [2.75, 3.05) is 24.0 Å². The number of hydrogen-bond donors (Lipinski definition) is 2. The Hall–Kier alpha value is -2.99. The topological polar surface area (TPSA) is 68.3 Å². The molecule has 3 aromatic rings. The summed E-state index contributed by atoms with van der Waals surface area (Å²) in [5.74, 6) is 3.11. The Labute approximate surface area is 162 Å². The molecule has 1 aromatic heterocycles. The normalized spacial score (nSPS) is 12.0. The number of nitrogens with one attached hydrogen (secondary N) is 2. The lowest BCUT2D eigenvalue weighted by Crippen LogP contribution is -2.08. The van der Waals surface area contributed by atoms with Gasteiger partial charge in [0.1, 0.15) is 18.0 Å². The zero-order valence-electron chi connectivity index (χ0n) is 14.6. The average Bonchev–Trinajstić information content (AvgIpc) is 3.16. The third-order valence-electron chi connectivity index (χ3n) is 4.21. The lowest BCUT2D eigenvalue weighted by Gasteiger charge is -2.09. The van der Waals surface area contributed by atoms with Crippen LogP contribution < -0.4 is 20.1 Å². The molecule has 0 bridgehead atoms. The van der Waals surface area contributed by atoms with Crippen LogP contribution in [0.3, 0.4) is 0 Å². The van der Waals surface area contributed by atoms with Crippen LogP contribution in [0.15, 0.2) is 54.9 Å². The van der Waals surface area contributed by atoms with Gasteiger partial charge in [-0.15, -0.1) is 0 Å². The summed E-state index contributed by atoms with van der Waals surface area (Å²) in [4.78, 5) is 8.54. The summed E-state index contributed by atoms with van der Waals surface area (Å²) < 4.78 is 10.7. The minimum atomic E-state index is 0.281. The Balaban J connectivity index is 1.30. The van der Waals surface area contributed by atoms with Gasteiger partial charge in [0.05, 0.1) is 0 Å². The molecule has 0 saturated carbocycles. The lowest BCUT2D eigenvalue weighted by atomic mass is 10.1. The van der Waals surface area contributed by atoms with E-state index in [0.29, 0.717) is 6.54 Å². The predicted molar refractivity (Wildman–Crippen MR) is 106 cm³/mol. The smallest absolute Gasteiger partial charge is 0.231 e. The SMILES string of the molecule is Clc1ccc(CCNc2cc(NCc3ccc4c(c3)OCO4)ncn2)cc1. The highest BCUT2D eigenvalue weighted by Gasteiger charge is 2.13. The summed E-state index contributed by atoms with van der Waals surface area (Å²) >= 11 is 5.91. The first kappa shape index (κ1) is 17.4. The molecule has 2 aromatic carbocycles. The summed E-state index contributed by atoms with van der Waals surface area (Å²) in [5, 5.41) is 7.38. The lowest BCUT2D eigenvalue weighted by molar-refractivity contribution is 0.174. The Morgan fingerprint density at radius 1 is 0.852 bits per heavy atom. The van der Waals surface area contributed by atoms with Crippen molar-refractivity contribution in [3.63, 3.8) is 0 Å². The van der Waals surface area contributed by atoms with Crippen LogP contribution in [-0.2, 0) is 13.0 Å². The molecule has 0 unspecified atom stereocenters. The van der Waals surface area contributed by atoms with E-state index in [0.717, 1.165) is 46.7 Å². The van der Waals surface area contributed by atoms with Gasteiger partial charge in [0.15, 0.2) is 11.5 Å². The van der Waals surface area contributed by atoms with E-state index in [2.05, 4.69) is 20.6 Å². The second kappa shape index (κ2) is 8.14. The zero-order chi connectivity index (χ0) is 18.5. The van der Waals surface area contributed by atoms with Crippen LogP contribution in [-0.4, -0.2) is 23.3 Å². The number of ether oxygens (including phenoxy) is 2. The quantitative estimate of drug-likeness (QED) is 0.640. The number of rotatable bonds is 7. The summed E-state index contributed by atoms with van der Waals surface area (Å²) in [6, 6.07) is 15.7. The molecule has 0 spiro atoms. The monoisotopic (exact) mass is 382 g/mol. The van der Waals surface area contributed by atoms with Gasteiger partial charge >= 0.3 is 0 Å². The maximum absolute atomic E-state index is 5.91. The molecule has 0 fully saturated rings. The molecule has 7 heteroatoms. The van der Waals surface area contributed by atoms with Crippen molar-refractivity contribution in [1.29, 1.82) is 0 Å².